The van der Waals surface area contributed by atoms with Crippen LogP contribution in [-0.2, 0) is 25.5 Å². The number of nitrogens with zero attached hydrogens (tertiary/aromatic N) is 4. The van der Waals surface area contributed by atoms with E-state index < -0.39 is 17.9 Å². The second-order valence-electron chi connectivity index (χ2n) is 19.6. The Morgan fingerprint density at radius 2 is 1.49 bits per heavy atom. The molecule has 1 N–H and O–H groups in total. The zero-order valence-electron chi connectivity index (χ0n) is 41.4. The summed E-state index contributed by atoms with van der Waals surface area (Å²) in [5, 5.41) is 20.0. The van der Waals surface area contributed by atoms with Gasteiger partial charge in [0.2, 0.25) is 0 Å². The van der Waals surface area contributed by atoms with Gasteiger partial charge in [-0.15, -0.1) is 33.1 Å². The molecule has 1 fully saturated rings. The smallest absolute Gasteiger partial charge is 0.681 e. The van der Waals surface area contributed by atoms with Crippen LogP contribution in [0.25, 0.3) is 41.0 Å². The summed E-state index contributed by atoms with van der Waals surface area (Å²) in [7, 11) is 1.33. The van der Waals surface area contributed by atoms with Crippen LogP contribution in [0.2, 0.25) is 0 Å². The molecule has 6 rings (SSSR count). The molecule has 6 atom stereocenters. The van der Waals surface area contributed by atoms with Gasteiger partial charge in [0.1, 0.15) is 18.3 Å². The van der Waals surface area contributed by atoms with Crippen LogP contribution in [0.3, 0.4) is 0 Å². The van der Waals surface area contributed by atoms with Crippen LogP contribution in [0.15, 0.2) is 23.9 Å². The molecule has 3 aromatic heterocycles. The molecule has 3 aliphatic rings. The van der Waals surface area contributed by atoms with Crippen molar-refractivity contribution >= 4 is 70.6 Å². The monoisotopic (exact) mass is 895 g/mol. The van der Waals surface area contributed by atoms with E-state index in [4.69, 9.17) is 29.7 Å². The number of fused-ring (bicyclic) bond motifs is 8. The van der Waals surface area contributed by atoms with Gasteiger partial charge in [0.25, 0.3) is 0 Å². The zero-order valence-corrected chi connectivity index (χ0v) is 42.8. The molecule has 10 heteroatoms. The van der Waals surface area contributed by atoms with Crippen molar-refractivity contribution in [1.29, 1.82) is 0 Å². The number of hydrogen-bond donors (Lipinski definition) is 1. The number of hydrogen-bond acceptors (Lipinski definition) is 5. The second kappa shape index (κ2) is 23.0. The number of aromatic nitrogens is 3. The predicted molar refractivity (Wildman–Crippen MR) is 266 cm³/mol. The Balaban J connectivity index is 0.00000793. The molecule has 348 valence electrons. The normalized spacial score (nSPS) is 21.7. The van der Waals surface area contributed by atoms with Crippen LogP contribution in [0.1, 0.15) is 164 Å². The summed E-state index contributed by atoms with van der Waals surface area (Å²) in [6.07, 6.45) is 22.6. The Kier molecular flexibility index (Phi) is 18.4. The quantitative estimate of drug-likeness (QED) is 0.0679. The molecule has 1 aliphatic carbocycles. The van der Waals surface area contributed by atoms with Crippen molar-refractivity contribution in [3.05, 3.63) is 95.4 Å². The van der Waals surface area contributed by atoms with Crippen LogP contribution in [0.4, 0.5) is 0 Å². The Hall–Kier alpha value is -4.15. The third-order valence-electron chi connectivity index (χ3n) is 14.5. The van der Waals surface area contributed by atoms with Crippen molar-refractivity contribution in [1.82, 2.24) is 15.0 Å². The third kappa shape index (κ3) is 11.7. The Labute approximate surface area is 404 Å². The molecule has 0 spiro atoms. The van der Waals surface area contributed by atoms with Crippen molar-refractivity contribution in [3.8, 4) is 0 Å². The summed E-state index contributed by atoms with van der Waals surface area (Å²) in [6, 6.07) is -0.573. The van der Waals surface area contributed by atoms with E-state index in [1.807, 2.05) is 44.2 Å². The number of methoxy groups -OCH3 is 1. The van der Waals surface area contributed by atoms with Gasteiger partial charge in [-0.1, -0.05) is 157 Å². The summed E-state index contributed by atoms with van der Waals surface area (Å²) < 4.78 is 11.1. The number of carbonyl (C=O) groups excluding carboxylic acids is 2. The minimum absolute atomic E-state index is 0. The summed E-state index contributed by atoms with van der Waals surface area (Å²) in [5.74, 6) is -0.00332. The van der Waals surface area contributed by atoms with Gasteiger partial charge >= 0.3 is 35.0 Å². The van der Waals surface area contributed by atoms with Crippen molar-refractivity contribution < 1.29 is 24.2 Å². The van der Waals surface area contributed by atoms with Gasteiger partial charge in [-0.05, 0) is 94.6 Å². The first kappa shape index (κ1) is 51.8. The number of aliphatic hydroxyl groups is 1. The van der Waals surface area contributed by atoms with E-state index in [2.05, 4.69) is 62.0 Å². The number of ether oxygens (including phenoxy) is 2. The average Bonchev–Trinajstić information content (AvgIpc) is 3.99. The van der Waals surface area contributed by atoms with Gasteiger partial charge in [-0.25, -0.2) is 0 Å². The molecule has 0 radical (unpaired) electrons. The van der Waals surface area contributed by atoms with Gasteiger partial charge in [0, 0.05) is 11.6 Å². The average molecular weight is 896 g/mol. The molecular weight excluding hydrogens is 821 g/mol. The molecule has 3 aromatic rings. The van der Waals surface area contributed by atoms with Crippen molar-refractivity contribution in [2.75, 3.05) is 13.7 Å². The van der Waals surface area contributed by atoms with Crippen molar-refractivity contribution in [2.45, 2.75) is 152 Å². The first-order valence-corrected chi connectivity index (χ1v) is 24.2. The molecule has 2 aliphatic heterocycles. The molecule has 0 amide bonds. The second-order valence-corrected chi connectivity index (χ2v) is 19.6. The number of allylic oxidation sites excluding steroid dienone is 2. The minimum Gasteiger partial charge on any atom is -0.681 e. The predicted octanol–water partition coefficient (Wildman–Crippen LogP) is 8.66. The standard InChI is InChI=1S/C55H74N4O5.Mg/c1-13-39-35(8)42-28-44-37(10)41(24-25-48(60)64-27-26-34(7)23-17-22-33(6)21-16-20-32(5)19-15-18-31(3)4)52(58-44)50-51(55(62)63-12)54(61)49-38(11)45(59-53(49)50)30-47-40(14-2)36(9)43(57-47)29-46(39)56-42;/h13,26,28-33,37,41,51-52,61H,1,14-25,27H2,2-12H3;/q-4;+2/b34-26-,43-29-,44-28-,47-30-;/t32-,33-,37+,41+,51-,52?;/m1./s1. The summed E-state index contributed by atoms with van der Waals surface area (Å²) >= 11 is 0. The molecule has 0 aromatic carbocycles. The van der Waals surface area contributed by atoms with Gasteiger partial charge in [-0.2, -0.15) is 5.70 Å². The number of esters is 2. The molecule has 9 nitrogen and oxygen atoms in total. The Bertz CT molecular complexity index is 2510. The van der Waals surface area contributed by atoms with Gasteiger partial charge in [0.05, 0.1) is 7.11 Å². The minimum atomic E-state index is -1.07. The number of rotatable bonds is 20. The fourth-order valence-corrected chi connectivity index (χ4v) is 10.4. The molecular formula is C55H74MgN4O5-2. The van der Waals surface area contributed by atoms with Gasteiger partial charge in [-0.3, -0.25) is 9.59 Å². The van der Waals surface area contributed by atoms with Crippen LogP contribution in [0.5, 0.6) is 0 Å². The fourth-order valence-electron chi connectivity index (χ4n) is 10.4. The maximum atomic E-state index is 13.6. The Morgan fingerprint density at radius 3 is 2.14 bits per heavy atom. The molecule has 8 bridgehead atoms. The first-order valence-electron chi connectivity index (χ1n) is 24.2. The van der Waals surface area contributed by atoms with E-state index in [9.17, 15) is 14.7 Å². The summed E-state index contributed by atoms with van der Waals surface area (Å²) in [5.41, 5.74) is 9.73. The molecule has 65 heavy (non-hydrogen) atoms. The van der Waals surface area contributed by atoms with E-state index in [0.717, 1.165) is 92.6 Å². The van der Waals surface area contributed by atoms with Crippen LogP contribution in [0, 0.1) is 56.3 Å². The first-order chi connectivity index (χ1) is 30.6. The zero-order chi connectivity index (χ0) is 46.4. The van der Waals surface area contributed by atoms with E-state index in [1.165, 1.54) is 57.6 Å². The summed E-state index contributed by atoms with van der Waals surface area (Å²) in [4.78, 5) is 42.4. The third-order valence-corrected chi connectivity index (χ3v) is 14.5. The van der Waals surface area contributed by atoms with E-state index in [-0.39, 0.29) is 59.6 Å². The molecule has 1 unspecified atom stereocenters. The SMILES string of the molecule is C=Cc1c2[n-]c(c1C)/C=C1\[N-]C(C3=c4[n-]c(c(C)c4=C(O)[C@@H]3C(=O)OC)/C=c3\[n-]/c(c(C)c3CC)=C\2)[C@@H](CCC(=O)OC/C=C(/C)CCC[C@H](C)CCC[C@H](C)CCCC(C)C)[C@@H]1C.[Mg+2]. The number of aliphatic hydroxyl groups excluding tert-OH is 1. The maximum Gasteiger partial charge on any atom is 2.00 e. The van der Waals surface area contributed by atoms with Crippen LogP contribution >= 0.6 is 0 Å². The molecule has 1 saturated heterocycles. The van der Waals surface area contributed by atoms with Crippen LogP contribution in [-0.4, -0.2) is 59.9 Å². The van der Waals surface area contributed by atoms with Crippen molar-refractivity contribution in [3.63, 3.8) is 0 Å². The molecule has 0 saturated carbocycles. The fraction of sp³-hybridized carbons (Fsp3) is 0.564. The van der Waals surface area contributed by atoms with Crippen LogP contribution < -0.4 is 36.2 Å². The largest absolute Gasteiger partial charge is 2.00 e. The Morgan fingerprint density at radius 1 is 0.846 bits per heavy atom. The summed E-state index contributed by atoms with van der Waals surface area (Å²) in [6.45, 7) is 26.2. The maximum absolute atomic E-state index is 13.6. The topological polar surface area (TPSA) is 129 Å². The van der Waals surface area contributed by atoms with Gasteiger partial charge in [0.15, 0.2) is 0 Å². The van der Waals surface area contributed by atoms with E-state index in [1.54, 1.807) is 0 Å². The van der Waals surface area contributed by atoms with E-state index >= 15 is 0 Å². The van der Waals surface area contributed by atoms with Gasteiger partial charge < -0.3 is 34.8 Å². The van der Waals surface area contributed by atoms with E-state index in [0.29, 0.717) is 28.3 Å². The number of carbonyl (C=O) groups is 2. The molecule has 5 heterocycles. The van der Waals surface area contributed by atoms with Crippen molar-refractivity contribution in [2.24, 2.45) is 35.5 Å².